The van der Waals surface area contributed by atoms with Crippen LogP contribution in [0, 0.1) is 10.8 Å². The Morgan fingerprint density at radius 1 is 0.727 bits per heavy atom. The molecule has 0 saturated heterocycles. The van der Waals surface area contributed by atoms with Gasteiger partial charge >= 0.3 is 11.9 Å². The van der Waals surface area contributed by atoms with Gasteiger partial charge in [0.1, 0.15) is 11.5 Å². The first-order valence-electron chi connectivity index (χ1n) is 7.46. The first kappa shape index (κ1) is 18.2. The summed E-state index contributed by atoms with van der Waals surface area (Å²) in [5, 5.41) is 0. The van der Waals surface area contributed by atoms with Gasteiger partial charge in [-0.3, -0.25) is 9.59 Å². The van der Waals surface area contributed by atoms with Gasteiger partial charge in [-0.2, -0.15) is 0 Å². The highest BCUT2D eigenvalue weighted by Gasteiger charge is 2.19. The molecule has 0 saturated carbocycles. The van der Waals surface area contributed by atoms with Crippen LogP contribution in [-0.2, 0) is 9.59 Å². The Labute approximate surface area is 132 Å². The molecule has 0 amide bonds. The molecule has 0 radical (unpaired) electrons. The van der Waals surface area contributed by atoms with E-state index in [9.17, 15) is 9.59 Å². The van der Waals surface area contributed by atoms with Crippen LogP contribution >= 0.6 is 0 Å². The van der Waals surface area contributed by atoms with Gasteiger partial charge in [-0.15, -0.1) is 0 Å². The third-order valence-corrected chi connectivity index (χ3v) is 2.64. The van der Waals surface area contributed by atoms with E-state index in [-0.39, 0.29) is 22.8 Å². The Bertz CT molecular complexity index is 467. The molecule has 22 heavy (non-hydrogen) atoms. The van der Waals surface area contributed by atoms with Crippen LogP contribution < -0.4 is 9.47 Å². The largest absolute Gasteiger partial charge is 0.427 e. The molecule has 4 heteroatoms. The van der Waals surface area contributed by atoms with Crippen LogP contribution in [0.5, 0.6) is 11.5 Å². The van der Waals surface area contributed by atoms with Crippen LogP contribution in [0.1, 0.15) is 54.4 Å². The van der Waals surface area contributed by atoms with Crippen LogP contribution in [0.2, 0.25) is 0 Å². The van der Waals surface area contributed by atoms with Gasteiger partial charge in [-0.05, 0) is 35.1 Å². The maximum absolute atomic E-state index is 11.7. The molecule has 0 unspecified atom stereocenters. The minimum absolute atomic E-state index is 0.112. The number of hydrogen-bond donors (Lipinski definition) is 0. The van der Waals surface area contributed by atoms with Crippen molar-refractivity contribution in [3.8, 4) is 11.5 Å². The topological polar surface area (TPSA) is 52.6 Å². The molecule has 0 aliphatic carbocycles. The van der Waals surface area contributed by atoms with E-state index in [1.165, 1.54) is 0 Å². The highest BCUT2D eigenvalue weighted by atomic mass is 16.5. The summed E-state index contributed by atoms with van der Waals surface area (Å²) in [7, 11) is 0. The lowest BCUT2D eigenvalue weighted by molar-refractivity contribution is -0.137. The zero-order chi connectivity index (χ0) is 17.0. The summed E-state index contributed by atoms with van der Waals surface area (Å²) in [5.41, 5.74) is -0.223. The quantitative estimate of drug-likeness (QED) is 0.612. The Hall–Kier alpha value is -1.84. The summed E-state index contributed by atoms with van der Waals surface area (Å²) >= 11 is 0. The van der Waals surface area contributed by atoms with Gasteiger partial charge in [0.05, 0.1) is 12.8 Å². The molecule has 0 aliphatic heterocycles. The first-order valence-corrected chi connectivity index (χ1v) is 7.46. The highest BCUT2D eigenvalue weighted by Crippen LogP contribution is 2.24. The molecule has 1 rings (SSSR count). The molecule has 4 nitrogen and oxygen atoms in total. The van der Waals surface area contributed by atoms with Gasteiger partial charge in [-0.25, -0.2) is 0 Å². The van der Waals surface area contributed by atoms with Gasteiger partial charge in [0.25, 0.3) is 0 Å². The van der Waals surface area contributed by atoms with Crippen molar-refractivity contribution in [1.82, 2.24) is 0 Å². The van der Waals surface area contributed by atoms with Gasteiger partial charge in [0.15, 0.2) is 0 Å². The van der Waals surface area contributed by atoms with Crippen LogP contribution in [-0.4, -0.2) is 11.9 Å². The summed E-state index contributed by atoms with van der Waals surface area (Å²) in [6, 6.07) is 6.50. The predicted octanol–water partition coefficient (Wildman–Crippen LogP) is 4.37. The average Bonchev–Trinajstić information content (AvgIpc) is 2.26. The van der Waals surface area contributed by atoms with Crippen LogP contribution in [0.15, 0.2) is 24.3 Å². The van der Waals surface area contributed by atoms with E-state index < -0.39 is 0 Å². The number of esters is 2. The fourth-order valence-electron chi connectivity index (χ4n) is 1.78. The van der Waals surface area contributed by atoms with Crippen molar-refractivity contribution in [2.45, 2.75) is 54.4 Å². The molecular formula is C18H26O4. The molecule has 0 N–H and O–H groups in total. The third-order valence-electron chi connectivity index (χ3n) is 2.64. The monoisotopic (exact) mass is 306 g/mol. The molecule has 0 spiro atoms. The lowest BCUT2D eigenvalue weighted by atomic mass is 9.92. The number of hydrogen-bond acceptors (Lipinski definition) is 4. The number of benzene rings is 1. The van der Waals surface area contributed by atoms with E-state index in [4.69, 9.17) is 9.47 Å². The predicted molar refractivity (Wildman–Crippen MR) is 85.9 cm³/mol. The third kappa shape index (κ3) is 7.81. The normalized spacial score (nSPS) is 11.9. The minimum Gasteiger partial charge on any atom is -0.427 e. The Kier molecular flexibility index (Phi) is 5.75. The molecule has 0 aliphatic rings. The zero-order valence-corrected chi connectivity index (χ0v) is 14.4. The van der Waals surface area contributed by atoms with Crippen molar-refractivity contribution in [3.63, 3.8) is 0 Å². The lowest BCUT2D eigenvalue weighted by Gasteiger charge is -2.17. The van der Waals surface area contributed by atoms with Crippen molar-refractivity contribution in [1.29, 1.82) is 0 Å². The fraction of sp³-hybridized carbons (Fsp3) is 0.556. The highest BCUT2D eigenvalue weighted by molar-refractivity contribution is 5.74. The molecular weight excluding hydrogens is 280 g/mol. The van der Waals surface area contributed by atoms with Crippen LogP contribution in [0.25, 0.3) is 0 Å². The van der Waals surface area contributed by atoms with Gasteiger partial charge in [0.2, 0.25) is 0 Å². The molecule has 1 aromatic carbocycles. The van der Waals surface area contributed by atoms with E-state index in [0.29, 0.717) is 24.3 Å². The minimum atomic E-state index is -0.273. The summed E-state index contributed by atoms with van der Waals surface area (Å²) in [6.45, 7) is 11.9. The SMILES string of the molecule is CC(C)(C)CC(=O)Oc1ccc(OC(=O)CC(C)(C)C)cc1. The van der Waals surface area contributed by atoms with Gasteiger partial charge < -0.3 is 9.47 Å². The average molecular weight is 306 g/mol. The van der Waals surface area contributed by atoms with E-state index >= 15 is 0 Å². The number of ether oxygens (including phenoxy) is 2. The fourth-order valence-corrected chi connectivity index (χ4v) is 1.78. The van der Waals surface area contributed by atoms with Crippen molar-refractivity contribution in [2.24, 2.45) is 10.8 Å². The molecule has 0 aromatic heterocycles. The molecule has 0 bridgehead atoms. The first-order chi connectivity index (χ1) is 9.94. The molecule has 0 fully saturated rings. The molecule has 1 aromatic rings. The maximum Gasteiger partial charge on any atom is 0.311 e. The summed E-state index contributed by atoms with van der Waals surface area (Å²) in [6.07, 6.45) is 0.685. The van der Waals surface area contributed by atoms with Gasteiger partial charge in [0, 0.05) is 0 Å². The second-order valence-electron chi connectivity index (χ2n) is 7.89. The molecule has 122 valence electrons. The second kappa shape index (κ2) is 6.95. The number of carbonyl (C=O) groups is 2. The number of carbonyl (C=O) groups excluding carboxylic acids is 2. The van der Waals surface area contributed by atoms with Crippen molar-refractivity contribution >= 4 is 11.9 Å². The van der Waals surface area contributed by atoms with E-state index in [1.807, 2.05) is 41.5 Å². The zero-order valence-electron chi connectivity index (χ0n) is 14.4. The van der Waals surface area contributed by atoms with Gasteiger partial charge in [-0.1, -0.05) is 41.5 Å². The summed E-state index contributed by atoms with van der Waals surface area (Å²) < 4.78 is 10.5. The Morgan fingerprint density at radius 2 is 1.00 bits per heavy atom. The van der Waals surface area contributed by atoms with E-state index in [1.54, 1.807) is 24.3 Å². The summed E-state index contributed by atoms with van der Waals surface area (Å²) in [5.74, 6) is 0.352. The van der Waals surface area contributed by atoms with Crippen molar-refractivity contribution < 1.29 is 19.1 Å². The van der Waals surface area contributed by atoms with Crippen LogP contribution in [0.4, 0.5) is 0 Å². The van der Waals surface area contributed by atoms with E-state index in [0.717, 1.165) is 0 Å². The second-order valence-corrected chi connectivity index (χ2v) is 7.89. The van der Waals surface area contributed by atoms with Crippen molar-refractivity contribution in [2.75, 3.05) is 0 Å². The maximum atomic E-state index is 11.7. The smallest absolute Gasteiger partial charge is 0.311 e. The van der Waals surface area contributed by atoms with Crippen molar-refractivity contribution in [3.05, 3.63) is 24.3 Å². The van der Waals surface area contributed by atoms with E-state index in [2.05, 4.69) is 0 Å². The molecule has 0 heterocycles. The Balaban J connectivity index is 2.56. The standard InChI is InChI=1S/C18H26O4/c1-17(2,3)11-15(19)21-13-7-9-14(10-8-13)22-16(20)12-18(4,5)6/h7-10H,11-12H2,1-6H3. The lowest BCUT2D eigenvalue weighted by Crippen LogP contribution is -2.18. The molecule has 0 atom stereocenters. The Morgan fingerprint density at radius 3 is 1.23 bits per heavy atom. The van der Waals surface area contributed by atoms with Crippen LogP contribution in [0.3, 0.4) is 0 Å². The summed E-state index contributed by atoms with van der Waals surface area (Å²) in [4.78, 5) is 23.5. The number of rotatable bonds is 4.